The molecule has 0 fully saturated rings. The van der Waals surface area contributed by atoms with E-state index < -0.39 is 0 Å². The van der Waals surface area contributed by atoms with E-state index >= 15 is 0 Å². The molecule has 0 unspecified atom stereocenters. The van der Waals surface area contributed by atoms with Gasteiger partial charge in [-0.3, -0.25) is 19.9 Å². The van der Waals surface area contributed by atoms with Crippen molar-refractivity contribution in [2.45, 2.75) is 32.9 Å². The smallest absolute Gasteiger partial charge is 0.302 e. The lowest BCUT2D eigenvalue weighted by molar-refractivity contribution is -0.141. The normalized spacial score (nSPS) is 13.2. The molecule has 1 aliphatic rings. The third-order valence-electron chi connectivity index (χ3n) is 4.89. The highest BCUT2D eigenvalue weighted by Crippen LogP contribution is 2.28. The molecular formula is C21H21N5O3. The SMILES string of the molecule is CC(=O)OCCCCn1c(CN2C(=O)C(=N)c3cccnc32)nc2ccccc21. The quantitative estimate of drug-likeness (QED) is 0.493. The molecule has 8 nitrogen and oxygen atoms in total. The van der Waals surface area contributed by atoms with E-state index in [0.717, 1.165) is 29.7 Å². The molecule has 0 saturated carbocycles. The highest BCUT2D eigenvalue weighted by molar-refractivity contribution is 6.52. The van der Waals surface area contributed by atoms with Crippen LogP contribution in [0.3, 0.4) is 0 Å². The highest BCUT2D eigenvalue weighted by Gasteiger charge is 2.34. The molecule has 0 atom stereocenters. The number of fused-ring (bicyclic) bond motifs is 2. The molecule has 0 spiro atoms. The topological polar surface area (TPSA) is 101 Å². The van der Waals surface area contributed by atoms with Crippen LogP contribution in [0.2, 0.25) is 0 Å². The number of rotatable bonds is 7. The van der Waals surface area contributed by atoms with Crippen molar-refractivity contribution in [1.29, 1.82) is 5.41 Å². The number of ether oxygens (including phenoxy) is 1. The summed E-state index contributed by atoms with van der Waals surface area (Å²) in [5.74, 6) is 0.585. The van der Waals surface area contributed by atoms with Crippen molar-refractivity contribution in [3.63, 3.8) is 0 Å². The van der Waals surface area contributed by atoms with Gasteiger partial charge in [0.15, 0.2) is 0 Å². The number of pyridine rings is 1. The monoisotopic (exact) mass is 391 g/mol. The van der Waals surface area contributed by atoms with Gasteiger partial charge in [-0.15, -0.1) is 0 Å². The lowest BCUT2D eigenvalue weighted by Gasteiger charge is -2.17. The molecule has 0 bridgehead atoms. The van der Waals surface area contributed by atoms with E-state index in [9.17, 15) is 9.59 Å². The minimum atomic E-state index is -0.368. The van der Waals surface area contributed by atoms with E-state index in [-0.39, 0.29) is 24.1 Å². The number of nitrogens with one attached hydrogen (secondary N) is 1. The Morgan fingerprint density at radius 3 is 2.83 bits per heavy atom. The van der Waals surface area contributed by atoms with Crippen LogP contribution in [0.1, 0.15) is 31.2 Å². The minimum absolute atomic E-state index is 0.0443. The van der Waals surface area contributed by atoms with E-state index in [2.05, 4.69) is 9.55 Å². The van der Waals surface area contributed by atoms with Gasteiger partial charge in [0, 0.05) is 25.2 Å². The van der Waals surface area contributed by atoms with Gasteiger partial charge in [-0.25, -0.2) is 9.97 Å². The number of hydrogen-bond donors (Lipinski definition) is 1. The summed E-state index contributed by atoms with van der Waals surface area (Å²) in [5.41, 5.74) is 2.34. The zero-order valence-corrected chi connectivity index (χ0v) is 16.1. The van der Waals surface area contributed by atoms with Crippen LogP contribution in [0.5, 0.6) is 0 Å². The van der Waals surface area contributed by atoms with Gasteiger partial charge in [-0.1, -0.05) is 12.1 Å². The number of unbranched alkanes of at least 4 members (excludes halogenated alkanes) is 1. The molecule has 3 aromatic rings. The number of aromatic nitrogens is 3. The molecule has 1 aromatic carbocycles. The Kier molecular flexibility index (Phi) is 5.07. The van der Waals surface area contributed by atoms with Crippen molar-refractivity contribution in [2.75, 3.05) is 11.5 Å². The number of esters is 1. The van der Waals surface area contributed by atoms with Gasteiger partial charge < -0.3 is 9.30 Å². The molecule has 0 aliphatic carbocycles. The Morgan fingerprint density at radius 2 is 2.00 bits per heavy atom. The Morgan fingerprint density at radius 1 is 1.17 bits per heavy atom. The maximum Gasteiger partial charge on any atom is 0.302 e. The lowest BCUT2D eigenvalue weighted by Crippen LogP contribution is -2.31. The highest BCUT2D eigenvalue weighted by atomic mass is 16.5. The molecule has 29 heavy (non-hydrogen) atoms. The van der Waals surface area contributed by atoms with E-state index in [1.165, 1.54) is 11.8 Å². The number of carbonyl (C=O) groups is 2. The molecule has 4 rings (SSSR count). The van der Waals surface area contributed by atoms with Gasteiger partial charge in [0.2, 0.25) is 0 Å². The van der Waals surface area contributed by atoms with Crippen LogP contribution >= 0.6 is 0 Å². The fourth-order valence-electron chi connectivity index (χ4n) is 3.53. The van der Waals surface area contributed by atoms with Crippen molar-refractivity contribution < 1.29 is 14.3 Å². The maximum atomic E-state index is 12.6. The lowest BCUT2D eigenvalue weighted by atomic mass is 10.2. The van der Waals surface area contributed by atoms with Gasteiger partial charge >= 0.3 is 5.97 Å². The summed E-state index contributed by atoms with van der Waals surface area (Å²) in [6, 6.07) is 11.3. The summed E-state index contributed by atoms with van der Waals surface area (Å²) in [6.07, 6.45) is 3.16. The number of aryl methyl sites for hydroxylation is 1. The average molecular weight is 391 g/mol. The first-order valence-electron chi connectivity index (χ1n) is 9.49. The molecule has 0 radical (unpaired) electrons. The van der Waals surface area contributed by atoms with Crippen molar-refractivity contribution in [3.05, 3.63) is 54.0 Å². The third kappa shape index (κ3) is 3.61. The predicted molar refractivity (Wildman–Crippen MR) is 108 cm³/mol. The fraction of sp³-hybridized carbons (Fsp3) is 0.286. The van der Waals surface area contributed by atoms with Crippen LogP contribution in [0.15, 0.2) is 42.6 Å². The average Bonchev–Trinajstić information content (AvgIpc) is 3.18. The number of para-hydroxylation sites is 2. The van der Waals surface area contributed by atoms with E-state index in [0.29, 0.717) is 24.5 Å². The maximum absolute atomic E-state index is 12.6. The van der Waals surface area contributed by atoms with Crippen molar-refractivity contribution >= 4 is 34.4 Å². The van der Waals surface area contributed by atoms with Gasteiger partial charge in [-0.05, 0) is 37.1 Å². The molecule has 1 N–H and O–H groups in total. The van der Waals surface area contributed by atoms with Gasteiger partial charge in [0.05, 0.1) is 24.2 Å². The van der Waals surface area contributed by atoms with Crippen LogP contribution in [0.25, 0.3) is 11.0 Å². The first-order chi connectivity index (χ1) is 14.1. The van der Waals surface area contributed by atoms with Gasteiger partial charge in [-0.2, -0.15) is 0 Å². The Labute approximate surface area is 167 Å². The van der Waals surface area contributed by atoms with Crippen LogP contribution in [-0.2, 0) is 27.4 Å². The summed E-state index contributed by atoms with van der Waals surface area (Å²) >= 11 is 0. The number of imidazole rings is 1. The Bertz CT molecular complexity index is 1100. The second-order valence-corrected chi connectivity index (χ2v) is 6.86. The second kappa shape index (κ2) is 7.83. The number of amides is 1. The van der Waals surface area contributed by atoms with Gasteiger partial charge in [0.1, 0.15) is 17.4 Å². The molecule has 2 aromatic heterocycles. The second-order valence-electron chi connectivity index (χ2n) is 6.86. The van der Waals surface area contributed by atoms with Crippen LogP contribution in [-0.4, -0.2) is 38.7 Å². The van der Waals surface area contributed by atoms with Gasteiger partial charge in [0.25, 0.3) is 5.91 Å². The molecule has 8 heteroatoms. The molecule has 1 amide bonds. The summed E-state index contributed by atoms with van der Waals surface area (Å²) in [5, 5.41) is 8.09. The number of carbonyl (C=O) groups excluding carboxylic acids is 2. The zero-order chi connectivity index (χ0) is 20.4. The minimum Gasteiger partial charge on any atom is -0.466 e. The predicted octanol–water partition coefficient (Wildman–Crippen LogP) is 2.69. The summed E-state index contributed by atoms with van der Waals surface area (Å²) < 4.78 is 7.09. The van der Waals surface area contributed by atoms with Crippen LogP contribution < -0.4 is 4.90 Å². The van der Waals surface area contributed by atoms with Crippen LogP contribution in [0, 0.1) is 5.41 Å². The standard InChI is InChI=1S/C21H21N5O3/c1-14(27)29-12-5-4-11-25-17-9-3-2-8-16(17)24-18(25)13-26-20-15(7-6-10-23-20)19(22)21(26)28/h2-3,6-10,22H,4-5,11-13H2,1H3. The number of nitrogens with zero attached hydrogens (tertiary/aromatic N) is 4. The number of hydrogen-bond acceptors (Lipinski definition) is 6. The van der Waals surface area contributed by atoms with E-state index in [1.807, 2.05) is 24.3 Å². The molecule has 1 aliphatic heterocycles. The van der Waals surface area contributed by atoms with E-state index in [1.54, 1.807) is 18.3 Å². The first kappa shape index (κ1) is 18.8. The van der Waals surface area contributed by atoms with Crippen molar-refractivity contribution in [3.8, 4) is 0 Å². The fourth-order valence-corrected chi connectivity index (χ4v) is 3.53. The van der Waals surface area contributed by atoms with Crippen molar-refractivity contribution in [1.82, 2.24) is 14.5 Å². The Balaban J connectivity index is 1.60. The summed E-state index contributed by atoms with van der Waals surface area (Å²) in [6.45, 7) is 2.71. The zero-order valence-electron chi connectivity index (χ0n) is 16.1. The largest absolute Gasteiger partial charge is 0.466 e. The van der Waals surface area contributed by atoms with Crippen LogP contribution in [0.4, 0.5) is 5.82 Å². The molecule has 0 saturated heterocycles. The number of benzene rings is 1. The van der Waals surface area contributed by atoms with Crippen molar-refractivity contribution in [2.24, 2.45) is 0 Å². The van der Waals surface area contributed by atoms with E-state index in [4.69, 9.17) is 15.1 Å². The molecule has 148 valence electrons. The molecular weight excluding hydrogens is 370 g/mol. The third-order valence-corrected chi connectivity index (χ3v) is 4.89. The number of anilines is 1. The Hall–Kier alpha value is -3.55. The first-order valence-corrected chi connectivity index (χ1v) is 9.49. The molecule has 3 heterocycles. The summed E-state index contributed by atoms with van der Waals surface area (Å²) in [4.78, 5) is 34.1. The summed E-state index contributed by atoms with van der Waals surface area (Å²) in [7, 11) is 0.